The van der Waals surface area contributed by atoms with Gasteiger partial charge in [0.1, 0.15) is 6.07 Å². The van der Waals surface area contributed by atoms with Crippen LogP contribution in [0.4, 0.5) is 11.4 Å². The van der Waals surface area contributed by atoms with Crippen molar-refractivity contribution in [1.29, 1.82) is 5.26 Å². The number of carbonyl (C=O) groups excluding carboxylic acids is 1. The van der Waals surface area contributed by atoms with Crippen LogP contribution in [0.25, 0.3) is 0 Å². The minimum Gasteiger partial charge on any atom is -0.311 e. The number of anilines is 1. The van der Waals surface area contributed by atoms with Gasteiger partial charge in [-0.25, -0.2) is 0 Å². The molecule has 0 saturated carbocycles. The van der Waals surface area contributed by atoms with E-state index in [9.17, 15) is 14.9 Å². The predicted octanol–water partition coefficient (Wildman–Crippen LogP) is 1.59. The second-order valence-electron chi connectivity index (χ2n) is 3.72. The Morgan fingerprint density at radius 3 is 2.76 bits per heavy atom. The maximum absolute atomic E-state index is 11.5. The Morgan fingerprint density at radius 2 is 2.24 bits per heavy atom. The van der Waals surface area contributed by atoms with Gasteiger partial charge in [0.2, 0.25) is 5.91 Å². The van der Waals surface area contributed by atoms with Crippen LogP contribution in [0.1, 0.15) is 18.4 Å². The molecule has 2 rings (SSSR count). The van der Waals surface area contributed by atoms with Crippen LogP contribution in [0.3, 0.4) is 0 Å². The summed E-state index contributed by atoms with van der Waals surface area (Å²) in [5.74, 6) is -0.0460. The first-order chi connectivity index (χ1) is 8.13. The van der Waals surface area contributed by atoms with Crippen LogP contribution >= 0.6 is 0 Å². The van der Waals surface area contributed by atoms with E-state index in [1.54, 1.807) is 0 Å². The lowest BCUT2D eigenvalue weighted by molar-refractivity contribution is -0.384. The molecule has 1 saturated heterocycles. The van der Waals surface area contributed by atoms with Gasteiger partial charge in [0.25, 0.3) is 5.69 Å². The molecule has 6 nitrogen and oxygen atoms in total. The molecule has 1 aromatic carbocycles. The lowest BCUT2D eigenvalue weighted by Gasteiger charge is -2.16. The molecule has 86 valence electrons. The van der Waals surface area contributed by atoms with Crippen molar-refractivity contribution in [2.24, 2.45) is 0 Å². The van der Waals surface area contributed by atoms with Crippen LogP contribution in [-0.4, -0.2) is 17.4 Å². The van der Waals surface area contributed by atoms with E-state index < -0.39 is 4.92 Å². The number of hydrogen-bond donors (Lipinski definition) is 0. The van der Waals surface area contributed by atoms with E-state index >= 15 is 0 Å². The Hall–Kier alpha value is -2.42. The molecule has 0 aliphatic carbocycles. The molecule has 0 aromatic heterocycles. The number of non-ortho nitro benzene ring substituents is 1. The third-order valence-electron chi connectivity index (χ3n) is 2.68. The average Bonchev–Trinajstić information content (AvgIpc) is 2.74. The first kappa shape index (κ1) is 11.1. The quantitative estimate of drug-likeness (QED) is 0.571. The van der Waals surface area contributed by atoms with Crippen molar-refractivity contribution in [3.63, 3.8) is 0 Å². The van der Waals surface area contributed by atoms with Crippen LogP contribution in [0.5, 0.6) is 0 Å². The first-order valence-corrected chi connectivity index (χ1v) is 5.12. The number of nitro benzene ring substituents is 1. The first-order valence-electron chi connectivity index (χ1n) is 5.12. The van der Waals surface area contributed by atoms with Crippen molar-refractivity contribution in [2.45, 2.75) is 12.8 Å². The number of nitrogens with zero attached hydrogens (tertiary/aromatic N) is 3. The van der Waals surface area contributed by atoms with Crippen molar-refractivity contribution in [1.82, 2.24) is 0 Å². The number of carbonyl (C=O) groups is 1. The number of nitro groups is 1. The Bertz CT molecular complexity index is 533. The predicted molar refractivity (Wildman–Crippen MR) is 59.4 cm³/mol. The van der Waals surface area contributed by atoms with E-state index in [2.05, 4.69) is 0 Å². The largest absolute Gasteiger partial charge is 0.311 e. The molecule has 17 heavy (non-hydrogen) atoms. The van der Waals surface area contributed by atoms with Crippen LogP contribution < -0.4 is 4.90 Å². The smallest absolute Gasteiger partial charge is 0.270 e. The summed E-state index contributed by atoms with van der Waals surface area (Å²) in [6.45, 7) is 0.561. The molecule has 0 spiro atoms. The van der Waals surface area contributed by atoms with E-state index in [4.69, 9.17) is 5.26 Å². The van der Waals surface area contributed by atoms with Gasteiger partial charge in [-0.05, 0) is 12.5 Å². The summed E-state index contributed by atoms with van der Waals surface area (Å²) in [6, 6.07) is 5.85. The summed E-state index contributed by atoms with van der Waals surface area (Å²) < 4.78 is 0. The second-order valence-corrected chi connectivity index (χ2v) is 3.72. The van der Waals surface area contributed by atoms with Crippen molar-refractivity contribution < 1.29 is 9.72 Å². The second kappa shape index (κ2) is 4.22. The third kappa shape index (κ3) is 1.95. The van der Waals surface area contributed by atoms with E-state index in [1.807, 2.05) is 6.07 Å². The molecule has 0 unspecified atom stereocenters. The lowest BCUT2D eigenvalue weighted by atomic mass is 10.1. The number of hydrogen-bond acceptors (Lipinski definition) is 4. The molecule has 1 heterocycles. The zero-order valence-corrected chi connectivity index (χ0v) is 8.92. The van der Waals surface area contributed by atoms with Gasteiger partial charge in [-0.3, -0.25) is 14.9 Å². The van der Waals surface area contributed by atoms with Gasteiger partial charge in [-0.1, -0.05) is 0 Å². The van der Waals surface area contributed by atoms with Gasteiger partial charge >= 0.3 is 0 Å². The minimum atomic E-state index is -0.559. The third-order valence-corrected chi connectivity index (χ3v) is 2.68. The fourth-order valence-corrected chi connectivity index (χ4v) is 1.87. The molecule has 0 N–H and O–H groups in total. The van der Waals surface area contributed by atoms with Gasteiger partial charge < -0.3 is 4.90 Å². The lowest BCUT2D eigenvalue weighted by Crippen LogP contribution is -2.24. The number of rotatable bonds is 2. The van der Waals surface area contributed by atoms with E-state index in [-0.39, 0.29) is 17.2 Å². The van der Waals surface area contributed by atoms with Crippen molar-refractivity contribution in [3.05, 3.63) is 33.9 Å². The highest BCUT2D eigenvalue weighted by Crippen LogP contribution is 2.28. The Balaban J connectivity index is 2.45. The van der Waals surface area contributed by atoms with Crippen LogP contribution in [0.2, 0.25) is 0 Å². The highest BCUT2D eigenvalue weighted by atomic mass is 16.6. The summed E-state index contributed by atoms with van der Waals surface area (Å²) in [7, 11) is 0. The van der Waals surface area contributed by atoms with Gasteiger partial charge in [0, 0.05) is 25.1 Å². The van der Waals surface area contributed by atoms with Gasteiger partial charge in [-0.2, -0.15) is 5.26 Å². The summed E-state index contributed by atoms with van der Waals surface area (Å²) >= 11 is 0. The molecule has 1 aromatic rings. The van der Waals surface area contributed by atoms with E-state index in [0.29, 0.717) is 18.7 Å². The maximum Gasteiger partial charge on any atom is 0.270 e. The zero-order chi connectivity index (χ0) is 12.4. The van der Waals surface area contributed by atoms with Gasteiger partial charge in [0.05, 0.1) is 16.2 Å². The molecule has 1 aliphatic heterocycles. The fourth-order valence-electron chi connectivity index (χ4n) is 1.87. The van der Waals surface area contributed by atoms with Gasteiger partial charge in [-0.15, -0.1) is 0 Å². The van der Waals surface area contributed by atoms with Crippen molar-refractivity contribution in [3.8, 4) is 6.07 Å². The topological polar surface area (TPSA) is 87.2 Å². The maximum atomic E-state index is 11.5. The SMILES string of the molecule is N#Cc1cc([N+](=O)[O-])ccc1N1CCCC1=O. The summed E-state index contributed by atoms with van der Waals surface area (Å²) in [5, 5.41) is 19.5. The van der Waals surface area contributed by atoms with E-state index in [0.717, 1.165) is 6.42 Å². The van der Waals surface area contributed by atoms with Crippen molar-refractivity contribution in [2.75, 3.05) is 11.4 Å². The molecule has 1 amide bonds. The molecule has 1 aliphatic rings. The Kier molecular flexibility index (Phi) is 2.75. The molecule has 0 atom stereocenters. The normalized spacial score (nSPS) is 14.8. The molecule has 0 bridgehead atoms. The Morgan fingerprint density at radius 1 is 1.47 bits per heavy atom. The highest BCUT2D eigenvalue weighted by Gasteiger charge is 2.24. The average molecular weight is 231 g/mol. The fraction of sp³-hybridized carbons (Fsp3) is 0.273. The summed E-state index contributed by atoms with van der Waals surface area (Å²) in [6.07, 6.45) is 1.21. The van der Waals surface area contributed by atoms with Crippen molar-refractivity contribution >= 4 is 17.3 Å². The van der Waals surface area contributed by atoms with Gasteiger partial charge in [0.15, 0.2) is 0 Å². The highest BCUT2D eigenvalue weighted by molar-refractivity contribution is 5.96. The molecule has 0 radical (unpaired) electrons. The standard InChI is InChI=1S/C11H9N3O3/c12-7-8-6-9(14(16)17)3-4-10(8)13-5-1-2-11(13)15/h3-4,6H,1-2,5H2. The summed E-state index contributed by atoms with van der Waals surface area (Å²) in [5.41, 5.74) is 0.479. The minimum absolute atomic E-state index is 0.0460. The number of amides is 1. The number of benzene rings is 1. The monoisotopic (exact) mass is 231 g/mol. The van der Waals surface area contributed by atoms with Crippen LogP contribution in [0, 0.1) is 21.4 Å². The summed E-state index contributed by atoms with van der Waals surface area (Å²) in [4.78, 5) is 23.1. The molecular formula is C11H9N3O3. The zero-order valence-electron chi connectivity index (χ0n) is 8.92. The molecular weight excluding hydrogens is 222 g/mol. The van der Waals surface area contributed by atoms with Crippen LogP contribution in [0.15, 0.2) is 18.2 Å². The van der Waals surface area contributed by atoms with Crippen LogP contribution in [-0.2, 0) is 4.79 Å². The molecule has 1 fully saturated rings. The molecule has 6 heteroatoms. The van der Waals surface area contributed by atoms with E-state index in [1.165, 1.54) is 23.1 Å². The Labute approximate surface area is 97.2 Å². The number of nitriles is 1.